The van der Waals surface area contributed by atoms with Gasteiger partial charge in [-0.3, -0.25) is 39.0 Å². The lowest BCUT2D eigenvalue weighted by atomic mass is 9.87. The molecule has 4 amide bonds. The fraction of sp³-hybridized carbons (Fsp3) is 0.267. The van der Waals surface area contributed by atoms with Crippen LogP contribution >= 0.6 is 0 Å². The van der Waals surface area contributed by atoms with E-state index in [2.05, 4.69) is 81.9 Å². The van der Waals surface area contributed by atoms with Crippen LogP contribution in [0.25, 0.3) is 22.3 Å². The smallest absolute Gasteiger partial charge is 0.262 e. The maximum Gasteiger partial charge on any atom is 0.262 e. The number of aromatic hydroxyl groups is 1. The van der Waals surface area contributed by atoms with Crippen LogP contribution in [-0.2, 0) is 16.1 Å². The van der Waals surface area contributed by atoms with Crippen molar-refractivity contribution in [2.75, 3.05) is 37.6 Å². The molecule has 0 saturated carbocycles. The number of carbonyl (C=O) groups excluding carboxylic acids is 4. The summed E-state index contributed by atoms with van der Waals surface area (Å²) >= 11 is 0. The summed E-state index contributed by atoms with van der Waals surface area (Å²) < 4.78 is 2.01. The first kappa shape index (κ1) is 36.6. The SMILES string of the molecule is CC/C(=C(\c1ccc(O)cc1)c1ccc(-c2cnn(CCCN3CCN(c4ccc5c(c4)C(=O)N(C4CCC(=O)NC4=O)C5=O)CC3)c2)cc1)c1ccccc1. The maximum atomic E-state index is 13.3. The molecule has 2 N–H and O–H groups in total. The van der Waals surface area contributed by atoms with E-state index in [4.69, 9.17) is 0 Å². The number of nitrogens with one attached hydrogen (secondary N) is 1. The number of phenols is 1. The molecule has 4 aromatic carbocycles. The lowest BCUT2D eigenvalue weighted by Gasteiger charge is -2.36. The summed E-state index contributed by atoms with van der Waals surface area (Å²) in [7, 11) is 0. The lowest BCUT2D eigenvalue weighted by Crippen LogP contribution is -2.54. The molecule has 1 aromatic heterocycles. The van der Waals surface area contributed by atoms with E-state index in [1.54, 1.807) is 24.3 Å². The topological polar surface area (TPSA) is 128 Å². The average Bonchev–Trinajstić information content (AvgIpc) is 3.79. The van der Waals surface area contributed by atoms with Crippen LogP contribution in [0.1, 0.15) is 70.0 Å². The monoisotopic (exact) mass is 748 g/mol. The lowest BCUT2D eigenvalue weighted by molar-refractivity contribution is -0.136. The predicted molar refractivity (Wildman–Crippen MR) is 215 cm³/mol. The van der Waals surface area contributed by atoms with Crippen molar-refractivity contribution >= 4 is 40.5 Å². The number of fused-ring (bicyclic) bond motifs is 1. The highest BCUT2D eigenvalue weighted by Crippen LogP contribution is 2.36. The minimum Gasteiger partial charge on any atom is -0.508 e. The van der Waals surface area contributed by atoms with Crippen molar-refractivity contribution in [3.63, 3.8) is 0 Å². The van der Waals surface area contributed by atoms with Crippen LogP contribution in [0, 0.1) is 0 Å². The minimum atomic E-state index is -0.971. The highest BCUT2D eigenvalue weighted by Gasteiger charge is 2.44. The van der Waals surface area contributed by atoms with Gasteiger partial charge in [0.15, 0.2) is 0 Å². The normalized spacial score (nSPS) is 17.9. The second-order valence-corrected chi connectivity index (χ2v) is 14.5. The molecule has 8 rings (SSSR count). The Morgan fingerprint density at radius 2 is 1.46 bits per heavy atom. The van der Waals surface area contributed by atoms with Gasteiger partial charge in [0.1, 0.15) is 11.8 Å². The number of piperidine rings is 1. The molecule has 2 saturated heterocycles. The van der Waals surface area contributed by atoms with Gasteiger partial charge in [0.2, 0.25) is 11.8 Å². The first-order valence-electron chi connectivity index (χ1n) is 19.3. The predicted octanol–water partition coefficient (Wildman–Crippen LogP) is 6.24. The molecule has 3 aliphatic rings. The number of aryl methyl sites for hydroxylation is 1. The standard InChI is InChI=1S/C45H44N6O5/c1-2-37(31-7-4-3-5-8-31)42(33-13-16-36(52)17-14-33)32-11-9-30(10-12-32)34-28-46-50(29-34)22-6-21-48-23-25-49(26-24-48)35-15-18-38-39(27-35)45(56)51(44(38)55)40-19-20-41(53)47-43(40)54/h3-5,7-18,27-29,40,52H,2,6,19-26H2,1H3,(H,47,53,54)/b42-37+. The first-order valence-corrected chi connectivity index (χ1v) is 19.3. The highest BCUT2D eigenvalue weighted by molar-refractivity contribution is 6.23. The van der Waals surface area contributed by atoms with Crippen molar-refractivity contribution in [1.29, 1.82) is 0 Å². The third kappa shape index (κ3) is 7.37. The van der Waals surface area contributed by atoms with Gasteiger partial charge in [-0.2, -0.15) is 5.10 Å². The molecular weight excluding hydrogens is 705 g/mol. The Bertz CT molecular complexity index is 2310. The molecule has 11 heteroatoms. The van der Waals surface area contributed by atoms with Gasteiger partial charge >= 0.3 is 0 Å². The number of phenolic OH excluding ortho intramolecular Hbond substituents is 1. The summed E-state index contributed by atoms with van der Waals surface area (Å²) in [6, 6.07) is 30.9. The molecule has 284 valence electrons. The number of hydrogen-bond donors (Lipinski definition) is 2. The molecule has 0 aliphatic carbocycles. The molecule has 1 unspecified atom stereocenters. The molecule has 4 heterocycles. The van der Waals surface area contributed by atoms with E-state index in [1.165, 1.54) is 11.1 Å². The zero-order chi connectivity index (χ0) is 38.8. The van der Waals surface area contributed by atoms with Crippen LogP contribution in [-0.4, -0.2) is 87.1 Å². The zero-order valence-corrected chi connectivity index (χ0v) is 31.4. The van der Waals surface area contributed by atoms with Gasteiger partial charge in [-0.15, -0.1) is 0 Å². The van der Waals surface area contributed by atoms with E-state index in [1.807, 2.05) is 35.1 Å². The molecule has 11 nitrogen and oxygen atoms in total. The number of piperazine rings is 1. The number of hydrogen-bond acceptors (Lipinski definition) is 8. The Morgan fingerprint density at radius 3 is 2.16 bits per heavy atom. The molecule has 56 heavy (non-hydrogen) atoms. The summed E-state index contributed by atoms with van der Waals surface area (Å²) in [4.78, 5) is 56.1. The van der Waals surface area contributed by atoms with Gasteiger partial charge < -0.3 is 10.0 Å². The fourth-order valence-corrected chi connectivity index (χ4v) is 8.11. The number of anilines is 1. The summed E-state index contributed by atoms with van der Waals surface area (Å²) in [6.45, 7) is 7.22. The summed E-state index contributed by atoms with van der Waals surface area (Å²) in [6.07, 6.45) is 6.07. The summed E-state index contributed by atoms with van der Waals surface area (Å²) in [5.74, 6) is -1.73. The Hall–Kier alpha value is -6.33. The van der Waals surface area contributed by atoms with Gasteiger partial charge in [0, 0.05) is 63.1 Å². The number of imide groups is 2. The number of nitrogens with zero attached hydrogens (tertiary/aromatic N) is 5. The Labute approximate surface area is 325 Å². The Morgan fingerprint density at radius 1 is 0.768 bits per heavy atom. The number of benzene rings is 4. The summed E-state index contributed by atoms with van der Waals surface area (Å²) in [5.41, 5.74) is 9.39. The van der Waals surface area contributed by atoms with Crippen molar-refractivity contribution in [2.24, 2.45) is 0 Å². The molecule has 5 aromatic rings. The van der Waals surface area contributed by atoms with Crippen LogP contribution in [0.3, 0.4) is 0 Å². The Kier molecular flexibility index (Phi) is 10.3. The third-order valence-corrected chi connectivity index (χ3v) is 11.1. The van der Waals surface area contributed by atoms with Crippen molar-refractivity contribution < 1.29 is 24.3 Å². The van der Waals surface area contributed by atoms with E-state index in [9.17, 15) is 24.3 Å². The first-order chi connectivity index (χ1) is 27.3. The largest absolute Gasteiger partial charge is 0.508 e. The number of carbonyl (C=O) groups is 4. The van der Waals surface area contributed by atoms with E-state index in [-0.39, 0.29) is 18.6 Å². The van der Waals surface area contributed by atoms with Crippen LogP contribution in [0.5, 0.6) is 5.75 Å². The van der Waals surface area contributed by atoms with Crippen molar-refractivity contribution in [3.8, 4) is 16.9 Å². The fourth-order valence-electron chi connectivity index (χ4n) is 8.11. The molecular formula is C45H44N6O5. The van der Waals surface area contributed by atoms with Crippen molar-refractivity contribution in [2.45, 2.75) is 45.2 Å². The zero-order valence-electron chi connectivity index (χ0n) is 31.4. The molecule has 2 fully saturated rings. The van der Waals surface area contributed by atoms with E-state index >= 15 is 0 Å². The number of allylic oxidation sites excluding steroid dienone is 1. The maximum absolute atomic E-state index is 13.3. The second kappa shape index (κ2) is 15.8. The van der Waals surface area contributed by atoms with Gasteiger partial charge in [-0.1, -0.05) is 73.7 Å². The average molecular weight is 749 g/mol. The van der Waals surface area contributed by atoms with Crippen LogP contribution in [0.2, 0.25) is 0 Å². The number of rotatable bonds is 11. The van der Waals surface area contributed by atoms with Gasteiger partial charge in [0.05, 0.1) is 17.3 Å². The quantitative estimate of drug-likeness (QED) is 0.120. The minimum absolute atomic E-state index is 0.0934. The van der Waals surface area contributed by atoms with E-state index in [0.29, 0.717) is 11.1 Å². The second-order valence-electron chi connectivity index (χ2n) is 14.5. The Balaban J connectivity index is 0.861. The molecule has 1 atom stereocenters. The molecule has 0 bridgehead atoms. The van der Waals surface area contributed by atoms with Crippen LogP contribution in [0.4, 0.5) is 5.69 Å². The van der Waals surface area contributed by atoms with E-state index < -0.39 is 29.7 Å². The van der Waals surface area contributed by atoms with Crippen molar-refractivity contribution in [3.05, 3.63) is 137 Å². The molecule has 3 aliphatic heterocycles. The third-order valence-electron chi connectivity index (χ3n) is 11.1. The van der Waals surface area contributed by atoms with E-state index in [0.717, 1.165) is 90.5 Å². The highest BCUT2D eigenvalue weighted by atomic mass is 16.3. The van der Waals surface area contributed by atoms with Crippen LogP contribution in [0.15, 0.2) is 109 Å². The van der Waals surface area contributed by atoms with Crippen LogP contribution < -0.4 is 10.2 Å². The molecule has 0 radical (unpaired) electrons. The van der Waals surface area contributed by atoms with Gasteiger partial charge in [-0.05, 0) is 83.0 Å². The number of amides is 4. The molecule has 0 spiro atoms. The van der Waals surface area contributed by atoms with Gasteiger partial charge in [0.25, 0.3) is 11.8 Å². The van der Waals surface area contributed by atoms with Gasteiger partial charge in [-0.25, -0.2) is 0 Å². The summed E-state index contributed by atoms with van der Waals surface area (Å²) in [5, 5.41) is 16.9. The van der Waals surface area contributed by atoms with Crippen molar-refractivity contribution in [1.82, 2.24) is 24.9 Å². The number of aromatic nitrogens is 2.